The summed E-state index contributed by atoms with van der Waals surface area (Å²) in [6.45, 7) is 0. The molecule has 3 heteroatoms. The van der Waals surface area contributed by atoms with Gasteiger partial charge in [0.25, 0.3) is 0 Å². The highest BCUT2D eigenvalue weighted by Gasteiger charge is 2.08. The summed E-state index contributed by atoms with van der Waals surface area (Å²) in [6.07, 6.45) is 3.57. The molecule has 0 atom stereocenters. The molecule has 0 saturated heterocycles. The highest BCUT2D eigenvalue weighted by molar-refractivity contribution is 6.07. The number of aromatic nitrogens is 2. The first-order chi connectivity index (χ1) is 8.42. The molecule has 0 amide bonds. The van der Waals surface area contributed by atoms with Gasteiger partial charge in [0.15, 0.2) is 5.58 Å². The molecule has 0 spiro atoms. The summed E-state index contributed by atoms with van der Waals surface area (Å²) in [5.74, 6) is 0. The number of furan rings is 1. The van der Waals surface area contributed by atoms with Crippen LogP contribution in [0.2, 0.25) is 0 Å². The van der Waals surface area contributed by atoms with Gasteiger partial charge in [0.05, 0.1) is 5.52 Å². The SMILES string of the molecule is c1cnc2cc3oc4cccnc4c3cc2c1. The second kappa shape index (κ2) is 3.04. The molecule has 4 aromatic rings. The third-order valence-corrected chi connectivity index (χ3v) is 2.95. The standard InChI is InChI=1S/C14H8N2O/c1-3-9-7-10-13(8-11(9)15-5-1)17-12-4-2-6-16-14(10)12/h1-8H. The van der Waals surface area contributed by atoms with Crippen molar-refractivity contribution >= 4 is 33.0 Å². The minimum absolute atomic E-state index is 0.817. The van der Waals surface area contributed by atoms with E-state index in [1.165, 1.54) is 0 Å². The lowest BCUT2D eigenvalue weighted by Gasteiger charge is -1.95. The Hall–Kier alpha value is -2.42. The normalized spacial score (nSPS) is 11.5. The van der Waals surface area contributed by atoms with Crippen LogP contribution in [0.25, 0.3) is 33.0 Å². The van der Waals surface area contributed by atoms with Crippen molar-refractivity contribution in [3.63, 3.8) is 0 Å². The fourth-order valence-electron chi connectivity index (χ4n) is 2.16. The summed E-state index contributed by atoms with van der Waals surface area (Å²) in [6, 6.07) is 11.8. The highest BCUT2D eigenvalue weighted by Crippen LogP contribution is 2.29. The third-order valence-electron chi connectivity index (χ3n) is 2.95. The molecule has 0 aliphatic heterocycles. The largest absolute Gasteiger partial charge is 0.454 e. The maximum Gasteiger partial charge on any atom is 0.153 e. The van der Waals surface area contributed by atoms with Crippen LogP contribution in [0, 0.1) is 0 Å². The van der Waals surface area contributed by atoms with Crippen LogP contribution in [0.5, 0.6) is 0 Å². The molecule has 0 saturated carbocycles. The minimum atomic E-state index is 0.817. The maximum atomic E-state index is 5.76. The van der Waals surface area contributed by atoms with E-state index in [1.807, 2.05) is 30.3 Å². The van der Waals surface area contributed by atoms with Gasteiger partial charge in [-0.1, -0.05) is 6.07 Å². The number of nitrogens with zero attached hydrogens (tertiary/aromatic N) is 2. The smallest absolute Gasteiger partial charge is 0.153 e. The van der Waals surface area contributed by atoms with E-state index in [0.29, 0.717) is 0 Å². The maximum absolute atomic E-state index is 5.76. The van der Waals surface area contributed by atoms with Crippen molar-refractivity contribution in [1.29, 1.82) is 0 Å². The molecule has 0 fully saturated rings. The Kier molecular flexibility index (Phi) is 1.56. The number of hydrogen-bond donors (Lipinski definition) is 0. The zero-order chi connectivity index (χ0) is 11.2. The Labute approximate surface area is 96.7 Å². The van der Waals surface area contributed by atoms with Gasteiger partial charge in [0.1, 0.15) is 11.1 Å². The summed E-state index contributed by atoms with van der Waals surface area (Å²) >= 11 is 0. The van der Waals surface area contributed by atoms with E-state index in [2.05, 4.69) is 16.0 Å². The van der Waals surface area contributed by atoms with Crippen molar-refractivity contribution in [1.82, 2.24) is 9.97 Å². The third kappa shape index (κ3) is 1.16. The molecular weight excluding hydrogens is 212 g/mol. The molecule has 3 aromatic heterocycles. The van der Waals surface area contributed by atoms with Crippen molar-refractivity contribution in [3.05, 3.63) is 48.8 Å². The van der Waals surface area contributed by atoms with E-state index in [1.54, 1.807) is 12.4 Å². The monoisotopic (exact) mass is 220 g/mol. The Balaban J connectivity index is 2.28. The average Bonchev–Trinajstić information content (AvgIpc) is 2.73. The Morgan fingerprint density at radius 3 is 2.76 bits per heavy atom. The van der Waals surface area contributed by atoms with Crippen LogP contribution in [0.15, 0.2) is 53.2 Å². The molecule has 17 heavy (non-hydrogen) atoms. The zero-order valence-corrected chi connectivity index (χ0v) is 8.92. The number of hydrogen-bond acceptors (Lipinski definition) is 3. The van der Waals surface area contributed by atoms with Gasteiger partial charge >= 0.3 is 0 Å². The molecular formula is C14H8N2O. The van der Waals surface area contributed by atoms with Gasteiger partial charge in [-0.15, -0.1) is 0 Å². The summed E-state index contributed by atoms with van der Waals surface area (Å²) in [7, 11) is 0. The molecule has 4 rings (SSSR count). The summed E-state index contributed by atoms with van der Waals surface area (Å²) in [5, 5.41) is 2.15. The van der Waals surface area contributed by atoms with Gasteiger partial charge in [0, 0.05) is 29.2 Å². The van der Waals surface area contributed by atoms with Crippen molar-refractivity contribution in [2.75, 3.05) is 0 Å². The van der Waals surface area contributed by atoms with E-state index >= 15 is 0 Å². The lowest BCUT2D eigenvalue weighted by Crippen LogP contribution is -1.77. The number of rotatable bonds is 0. The van der Waals surface area contributed by atoms with E-state index < -0.39 is 0 Å². The van der Waals surface area contributed by atoms with E-state index in [0.717, 1.165) is 33.0 Å². The summed E-state index contributed by atoms with van der Waals surface area (Å²) < 4.78 is 5.76. The van der Waals surface area contributed by atoms with Crippen LogP contribution < -0.4 is 0 Å². The van der Waals surface area contributed by atoms with Crippen LogP contribution in [0.4, 0.5) is 0 Å². The van der Waals surface area contributed by atoms with Crippen LogP contribution in [-0.2, 0) is 0 Å². The van der Waals surface area contributed by atoms with Gasteiger partial charge in [-0.25, -0.2) is 0 Å². The number of pyridine rings is 2. The molecule has 0 aliphatic rings. The number of benzene rings is 1. The van der Waals surface area contributed by atoms with Gasteiger partial charge in [-0.2, -0.15) is 0 Å². The topological polar surface area (TPSA) is 38.9 Å². The molecule has 0 unspecified atom stereocenters. The van der Waals surface area contributed by atoms with Crippen molar-refractivity contribution in [2.24, 2.45) is 0 Å². The first kappa shape index (κ1) is 8.70. The number of fused-ring (bicyclic) bond motifs is 4. The lowest BCUT2D eigenvalue weighted by molar-refractivity contribution is 0.668. The molecule has 0 aliphatic carbocycles. The molecule has 3 nitrogen and oxygen atoms in total. The van der Waals surface area contributed by atoms with Gasteiger partial charge in [-0.05, 0) is 24.3 Å². The summed E-state index contributed by atoms with van der Waals surface area (Å²) in [5.41, 5.74) is 3.51. The van der Waals surface area contributed by atoms with Crippen LogP contribution >= 0.6 is 0 Å². The van der Waals surface area contributed by atoms with Crippen molar-refractivity contribution < 1.29 is 4.42 Å². The molecule has 0 radical (unpaired) electrons. The van der Waals surface area contributed by atoms with E-state index in [9.17, 15) is 0 Å². The molecule has 0 N–H and O–H groups in total. The highest BCUT2D eigenvalue weighted by atomic mass is 16.3. The van der Waals surface area contributed by atoms with Gasteiger partial charge in [-0.3, -0.25) is 9.97 Å². The fraction of sp³-hybridized carbons (Fsp3) is 0. The molecule has 0 bridgehead atoms. The predicted molar refractivity (Wildman–Crippen MR) is 66.8 cm³/mol. The fourth-order valence-corrected chi connectivity index (χ4v) is 2.16. The Morgan fingerprint density at radius 2 is 1.76 bits per heavy atom. The first-order valence-corrected chi connectivity index (χ1v) is 5.44. The predicted octanol–water partition coefficient (Wildman–Crippen LogP) is 3.53. The quantitative estimate of drug-likeness (QED) is 0.455. The van der Waals surface area contributed by atoms with Gasteiger partial charge < -0.3 is 4.42 Å². The minimum Gasteiger partial charge on any atom is -0.454 e. The lowest BCUT2D eigenvalue weighted by atomic mass is 10.1. The zero-order valence-electron chi connectivity index (χ0n) is 8.92. The van der Waals surface area contributed by atoms with Crippen molar-refractivity contribution in [3.8, 4) is 0 Å². The average molecular weight is 220 g/mol. The molecule has 80 valence electrons. The van der Waals surface area contributed by atoms with Crippen LogP contribution in [-0.4, -0.2) is 9.97 Å². The Morgan fingerprint density at radius 1 is 0.882 bits per heavy atom. The van der Waals surface area contributed by atoms with E-state index in [-0.39, 0.29) is 0 Å². The second-order valence-corrected chi connectivity index (χ2v) is 4.00. The summed E-state index contributed by atoms with van der Waals surface area (Å²) in [4.78, 5) is 8.68. The first-order valence-electron chi connectivity index (χ1n) is 5.44. The van der Waals surface area contributed by atoms with Crippen LogP contribution in [0.3, 0.4) is 0 Å². The Bertz CT molecular complexity index is 842. The van der Waals surface area contributed by atoms with Gasteiger partial charge in [0.2, 0.25) is 0 Å². The van der Waals surface area contributed by atoms with E-state index in [4.69, 9.17) is 4.42 Å². The molecule has 3 heterocycles. The van der Waals surface area contributed by atoms with Crippen molar-refractivity contribution in [2.45, 2.75) is 0 Å². The second-order valence-electron chi connectivity index (χ2n) is 4.00. The molecule has 1 aromatic carbocycles. The van der Waals surface area contributed by atoms with Crippen LogP contribution in [0.1, 0.15) is 0 Å².